The van der Waals surface area contributed by atoms with E-state index in [2.05, 4.69) is 0 Å². The molecule has 1 amide bonds. The first kappa shape index (κ1) is 15.6. The highest BCUT2D eigenvalue weighted by Gasteiger charge is 2.34. The van der Waals surface area contributed by atoms with Gasteiger partial charge < -0.3 is 5.11 Å². The molecular formula is C11H10N2O6S. The van der Waals surface area contributed by atoms with Crippen molar-refractivity contribution in [3.8, 4) is 6.19 Å². The van der Waals surface area contributed by atoms with E-state index in [9.17, 15) is 18.0 Å². The molecule has 8 nitrogen and oxygen atoms in total. The lowest BCUT2D eigenvalue weighted by atomic mass is 10.2. The maximum Gasteiger partial charge on any atom is 0.328 e. The van der Waals surface area contributed by atoms with E-state index in [0.717, 1.165) is 0 Å². The minimum atomic E-state index is -4.67. The number of carbonyl (C=O) groups is 2. The van der Waals surface area contributed by atoms with Crippen molar-refractivity contribution in [2.24, 2.45) is 0 Å². The number of nitriles is 1. The summed E-state index contributed by atoms with van der Waals surface area (Å²) in [6, 6.07) is 5.31. The monoisotopic (exact) mass is 298 g/mol. The number of carboxylic acid groups (broad SMARTS) is 1. The Bertz CT molecular complexity index is 649. The summed E-state index contributed by atoms with van der Waals surface area (Å²) < 4.78 is 30.2. The summed E-state index contributed by atoms with van der Waals surface area (Å²) in [7, 11) is -4.67. The summed E-state index contributed by atoms with van der Waals surface area (Å²) in [6.45, 7) is 0. The van der Waals surface area contributed by atoms with Crippen LogP contribution in [0.4, 0.5) is 0 Å². The van der Waals surface area contributed by atoms with Crippen molar-refractivity contribution in [3.63, 3.8) is 0 Å². The molecular weight excluding hydrogens is 288 g/mol. The zero-order valence-corrected chi connectivity index (χ0v) is 10.8. The fourth-order valence-corrected chi connectivity index (χ4v) is 2.12. The Hall–Kier alpha value is -2.44. The van der Waals surface area contributed by atoms with Crippen LogP contribution in [0, 0.1) is 11.5 Å². The van der Waals surface area contributed by atoms with E-state index < -0.39 is 33.8 Å². The Morgan fingerprint density at radius 3 is 2.25 bits per heavy atom. The van der Waals surface area contributed by atoms with Gasteiger partial charge in [-0.15, -0.1) is 0 Å². The Morgan fingerprint density at radius 2 is 1.85 bits per heavy atom. The third-order valence-electron chi connectivity index (χ3n) is 2.31. The molecule has 0 bridgehead atoms. The highest BCUT2D eigenvalue weighted by molar-refractivity contribution is 7.85. The Kier molecular flexibility index (Phi) is 4.79. The first-order valence-corrected chi connectivity index (χ1v) is 6.83. The van der Waals surface area contributed by atoms with Crippen LogP contribution in [0.5, 0.6) is 0 Å². The molecule has 0 saturated carbocycles. The van der Waals surface area contributed by atoms with Crippen LogP contribution in [0.3, 0.4) is 0 Å². The minimum Gasteiger partial charge on any atom is -0.480 e. The number of carbonyl (C=O) groups excluding carboxylic acids is 1. The number of aliphatic carboxylic acids is 1. The van der Waals surface area contributed by atoms with Gasteiger partial charge in [0.05, 0.1) is 0 Å². The van der Waals surface area contributed by atoms with Crippen LogP contribution in [0.2, 0.25) is 0 Å². The summed E-state index contributed by atoms with van der Waals surface area (Å²) in [4.78, 5) is 23.2. The van der Waals surface area contributed by atoms with Crippen molar-refractivity contribution in [2.75, 3.05) is 5.75 Å². The number of amides is 1. The van der Waals surface area contributed by atoms with Crippen LogP contribution in [-0.2, 0) is 14.9 Å². The molecule has 0 fully saturated rings. The van der Waals surface area contributed by atoms with E-state index >= 15 is 0 Å². The average molecular weight is 298 g/mol. The van der Waals surface area contributed by atoms with Crippen LogP contribution < -0.4 is 0 Å². The average Bonchev–Trinajstić information content (AvgIpc) is 2.37. The number of rotatable bonds is 5. The quantitative estimate of drug-likeness (QED) is 0.442. The number of nitrogens with zero attached hydrogens (tertiary/aromatic N) is 2. The third kappa shape index (κ3) is 4.04. The summed E-state index contributed by atoms with van der Waals surface area (Å²) in [5.41, 5.74) is 0.0237. The van der Waals surface area contributed by atoms with Gasteiger partial charge in [-0.05, 0) is 12.1 Å². The predicted octanol–water partition coefficient (Wildman–Crippen LogP) is -0.0491. The highest BCUT2D eigenvalue weighted by Crippen LogP contribution is 2.10. The van der Waals surface area contributed by atoms with Gasteiger partial charge in [-0.2, -0.15) is 13.7 Å². The maximum absolute atomic E-state index is 12.0. The molecule has 9 heteroatoms. The molecule has 2 N–H and O–H groups in total. The molecule has 0 aromatic heterocycles. The van der Waals surface area contributed by atoms with E-state index in [4.69, 9.17) is 14.9 Å². The van der Waals surface area contributed by atoms with E-state index in [1.807, 2.05) is 0 Å². The summed E-state index contributed by atoms with van der Waals surface area (Å²) in [6.07, 6.45) is 1.33. The number of hydrogen-bond donors (Lipinski definition) is 2. The second-order valence-corrected chi connectivity index (χ2v) is 5.24. The van der Waals surface area contributed by atoms with E-state index in [1.54, 1.807) is 6.07 Å². The van der Waals surface area contributed by atoms with Crippen LogP contribution in [0.1, 0.15) is 10.4 Å². The molecule has 1 aromatic carbocycles. The molecule has 0 unspecified atom stereocenters. The van der Waals surface area contributed by atoms with Crippen molar-refractivity contribution < 1.29 is 27.7 Å². The van der Waals surface area contributed by atoms with Gasteiger partial charge in [-0.1, -0.05) is 18.2 Å². The van der Waals surface area contributed by atoms with Crippen molar-refractivity contribution >= 4 is 22.0 Å². The minimum absolute atomic E-state index is 0.0237. The molecule has 0 spiro atoms. The molecule has 0 radical (unpaired) electrons. The third-order valence-corrected chi connectivity index (χ3v) is 3.05. The van der Waals surface area contributed by atoms with Gasteiger partial charge in [0.15, 0.2) is 12.2 Å². The molecule has 1 aromatic rings. The molecule has 0 aliphatic carbocycles. The summed E-state index contributed by atoms with van der Waals surface area (Å²) in [5, 5.41) is 17.8. The van der Waals surface area contributed by atoms with Crippen molar-refractivity contribution in [1.29, 1.82) is 5.26 Å². The van der Waals surface area contributed by atoms with Gasteiger partial charge in [0.2, 0.25) is 0 Å². The topological polar surface area (TPSA) is 136 Å². The van der Waals surface area contributed by atoms with Crippen LogP contribution >= 0.6 is 0 Å². The molecule has 0 aliphatic rings. The van der Waals surface area contributed by atoms with Crippen molar-refractivity contribution in [2.45, 2.75) is 6.04 Å². The Labute approximate surface area is 114 Å². The molecule has 0 heterocycles. The number of benzene rings is 1. The molecule has 20 heavy (non-hydrogen) atoms. The lowest BCUT2D eigenvalue weighted by Gasteiger charge is -2.20. The van der Waals surface area contributed by atoms with Gasteiger partial charge in [0.1, 0.15) is 5.75 Å². The first-order chi connectivity index (χ1) is 9.26. The van der Waals surface area contributed by atoms with Gasteiger partial charge in [-0.3, -0.25) is 9.35 Å². The highest BCUT2D eigenvalue weighted by atomic mass is 32.2. The first-order valence-electron chi connectivity index (χ1n) is 5.22. The number of carboxylic acids is 1. The molecule has 0 saturated heterocycles. The Balaban J connectivity index is 3.13. The van der Waals surface area contributed by atoms with Crippen LogP contribution in [0.25, 0.3) is 0 Å². The zero-order valence-electron chi connectivity index (χ0n) is 10.0. The molecule has 1 rings (SSSR count). The SMILES string of the molecule is N#CN(C(=O)c1ccccc1)[C@@H](CS(=O)(=O)O)C(=O)O. The van der Waals surface area contributed by atoms with Gasteiger partial charge in [0, 0.05) is 5.56 Å². The smallest absolute Gasteiger partial charge is 0.328 e. The fraction of sp³-hybridized carbons (Fsp3) is 0.182. The molecule has 1 atom stereocenters. The largest absolute Gasteiger partial charge is 0.480 e. The molecule has 106 valence electrons. The van der Waals surface area contributed by atoms with E-state index in [1.165, 1.54) is 30.5 Å². The maximum atomic E-state index is 12.0. The second kappa shape index (κ2) is 6.14. The van der Waals surface area contributed by atoms with E-state index in [0.29, 0.717) is 0 Å². The van der Waals surface area contributed by atoms with Crippen molar-refractivity contribution in [1.82, 2.24) is 4.90 Å². The van der Waals surface area contributed by atoms with Crippen molar-refractivity contribution in [3.05, 3.63) is 35.9 Å². The number of hydrogen-bond acceptors (Lipinski definition) is 5. The van der Waals surface area contributed by atoms with Crippen LogP contribution in [-0.4, -0.2) is 46.6 Å². The fourth-order valence-electron chi connectivity index (χ4n) is 1.43. The predicted molar refractivity (Wildman–Crippen MR) is 66.1 cm³/mol. The lowest BCUT2D eigenvalue weighted by Crippen LogP contribution is -2.46. The lowest BCUT2D eigenvalue weighted by molar-refractivity contribution is -0.140. The normalized spacial score (nSPS) is 12.2. The van der Waals surface area contributed by atoms with E-state index in [-0.39, 0.29) is 10.5 Å². The van der Waals surface area contributed by atoms with Gasteiger partial charge >= 0.3 is 5.97 Å². The standard InChI is InChI=1S/C11H10N2O6S/c12-7-13(9(11(15)16)6-20(17,18)19)10(14)8-4-2-1-3-5-8/h1-5,9H,6H2,(H,15,16)(H,17,18,19)/t9-/m0/s1. The summed E-state index contributed by atoms with van der Waals surface area (Å²) >= 11 is 0. The molecule has 0 aliphatic heterocycles. The second-order valence-electron chi connectivity index (χ2n) is 3.74. The summed E-state index contributed by atoms with van der Waals surface area (Å²) in [5.74, 6) is -3.95. The van der Waals surface area contributed by atoms with Gasteiger partial charge in [0.25, 0.3) is 16.0 Å². The Morgan fingerprint density at radius 1 is 1.30 bits per heavy atom. The zero-order chi connectivity index (χ0) is 15.3. The van der Waals surface area contributed by atoms with Gasteiger partial charge in [-0.25, -0.2) is 9.69 Å². The van der Waals surface area contributed by atoms with Crippen LogP contribution in [0.15, 0.2) is 30.3 Å².